The van der Waals surface area contributed by atoms with Crippen LogP contribution < -0.4 is 0 Å². The van der Waals surface area contributed by atoms with E-state index in [4.69, 9.17) is 23.3 Å². The van der Waals surface area contributed by atoms with Gasteiger partial charge in [0, 0.05) is 0 Å². The molecular weight excluding hydrogens is 376 g/mol. The summed E-state index contributed by atoms with van der Waals surface area (Å²) >= 11 is 0. The van der Waals surface area contributed by atoms with Crippen LogP contribution in [0.15, 0.2) is 0 Å². The number of rotatable bonds is 0. The molecule has 4 heterocycles. The molecule has 0 N–H and O–H groups in total. The van der Waals surface area contributed by atoms with Crippen LogP contribution in [-0.2, 0) is 47.1 Å². The van der Waals surface area contributed by atoms with Crippen molar-refractivity contribution in [2.45, 2.75) is 53.8 Å². The van der Waals surface area contributed by atoms with Crippen molar-refractivity contribution in [1.29, 1.82) is 0 Å². The molecular formula is C18H28O10. The van der Waals surface area contributed by atoms with E-state index in [-0.39, 0.29) is 32.9 Å². The molecule has 0 aromatic heterocycles. The molecule has 0 amide bonds. The van der Waals surface area contributed by atoms with Gasteiger partial charge in [-0.05, 0) is 13.8 Å². The van der Waals surface area contributed by atoms with Gasteiger partial charge in [-0.2, -0.15) is 0 Å². The van der Waals surface area contributed by atoms with Gasteiger partial charge in [-0.3, -0.25) is 9.59 Å². The number of hydrogen-bond donors (Lipinski definition) is 0. The van der Waals surface area contributed by atoms with E-state index in [1.807, 2.05) is 6.92 Å². The average Bonchev–Trinajstić information content (AvgIpc) is 3.55. The molecule has 2 unspecified atom stereocenters. The predicted octanol–water partition coefficient (Wildman–Crippen LogP) is 1.80. The van der Waals surface area contributed by atoms with Gasteiger partial charge in [0.25, 0.3) is 0 Å². The van der Waals surface area contributed by atoms with Crippen molar-refractivity contribution in [2.75, 3.05) is 26.4 Å². The minimum absolute atomic E-state index is 0. The topological polar surface area (TPSA) is 157 Å². The first-order valence-electron chi connectivity index (χ1n) is 6.94. The van der Waals surface area contributed by atoms with E-state index in [0.29, 0.717) is 25.6 Å². The Morgan fingerprint density at radius 2 is 1.04 bits per heavy atom. The molecule has 28 heavy (non-hydrogen) atoms. The third kappa shape index (κ3) is 49.6. The van der Waals surface area contributed by atoms with Crippen molar-refractivity contribution in [3.63, 3.8) is 0 Å². The quantitative estimate of drug-likeness (QED) is 0.259. The number of ether oxygens (including phenoxy) is 4. The van der Waals surface area contributed by atoms with Gasteiger partial charge in [-0.1, -0.05) is 14.9 Å². The fourth-order valence-corrected chi connectivity index (χ4v) is 0.731. The van der Waals surface area contributed by atoms with Crippen LogP contribution in [0, 0.1) is 26.6 Å². The van der Waals surface area contributed by atoms with E-state index in [2.05, 4.69) is 47.7 Å². The number of carbonyl (C=O) groups excluding carboxylic acids is 2. The summed E-state index contributed by atoms with van der Waals surface area (Å²) in [4.78, 5) is 19.6. The van der Waals surface area contributed by atoms with E-state index in [9.17, 15) is 9.59 Å². The maximum atomic E-state index is 9.89. The predicted molar refractivity (Wildman–Crippen MR) is 91.2 cm³/mol. The van der Waals surface area contributed by atoms with E-state index in [1.165, 1.54) is 0 Å². The summed E-state index contributed by atoms with van der Waals surface area (Å²) in [7, 11) is 0. The molecule has 10 nitrogen and oxygen atoms in total. The SMILES string of the molecule is C.C.C1CO1.CC1CC(=O)O1.CC1CO1.O=C1CCO1.[C-]#[O+].[C-]#[O+].[C-]#[O+].[C-]#[O+]. The molecule has 0 aromatic rings. The van der Waals surface area contributed by atoms with Crippen LogP contribution in [0.4, 0.5) is 0 Å². The summed E-state index contributed by atoms with van der Waals surface area (Å²) in [5, 5.41) is 0. The van der Waals surface area contributed by atoms with Crippen LogP contribution in [0.2, 0.25) is 0 Å². The molecule has 0 aliphatic carbocycles. The fourth-order valence-electron chi connectivity index (χ4n) is 0.731. The fraction of sp³-hybridized carbons (Fsp3) is 0.667. The zero-order chi connectivity index (χ0) is 21.4. The Balaban J connectivity index is -0.0000000512. The average molecular weight is 404 g/mol. The molecule has 0 spiro atoms. The molecule has 4 rings (SSSR count). The van der Waals surface area contributed by atoms with E-state index in [1.54, 1.807) is 0 Å². The zero-order valence-corrected chi connectivity index (χ0v) is 14.5. The van der Waals surface area contributed by atoms with Crippen LogP contribution in [0.25, 0.3) is 0 Å². The van der Waals surface area contributed by atoms with Crippen molar-refractivity contribution < 1.29 is 47.1 Å². The number of carbonyl (C=O) groups is 2. The third-order valence-electron chi connectivity index (χ3n) is 2.06. The molecule has 0 saturated carbocycles. The molecule has 0 aromatic carbocycles. The third-order valence-corrected chi connectivity index (χ3v) is 2.06. The Morgan fingerprint density at radius 3 is 1.04 bits per heavy atom. The van der Waals surface area contributed by atoms with Crippen molar-refractivity contribution in [3.05, 3.63) is 26.6 Å². The van der Waals surface area contributed by atoms with Crippen molar-refractivity contribution >= 4 is 11.9 Å². The normalized spacial score (nSPS) is 18.9. The van der Waals surface area contributed by atoms with Gasteiger partial charge >= 0.3 is 57.1 Å². The molecule has 0 bridgehead atoms. The number of epoxide rings is 2. The summed E-state index contributed by atoms with van der Waals surface area (Å²) in [6.45, 7) is 25.6. The van der Waals surface area contributed by atoms with E-state index >= 15 is 0 Å². The molecule has 4 aliphatic heterocycles. The van der Waals surface area contributed by atoms with Crippen molar-refractivity contribution in [3.8, 4) is 0 Å². The van der Waals surface area contributed by atoms with Crippen LogP contribution in [0.3, 0.4) is 0 Å². The molecule has 4 fully saturated rings. The van der Waals surface area contributed by atoms with Gasteiger partial charge in [-0.25, -0.2) is 0 Å². The Labute approximate surface area is 166 Å². The van der Waals surface area contributed by atoms with Gasteiger partial charge in [0.1, 0.15) is 12.7 Å². The minimum atomic E-state index is -0.0671. The summed E-state index contributed by atoms with van der Waals surface area (Å²) in [6, 6.07) is 0. The van der Waals surface area contributed by atoms with E-state index in [0.717, 1.165) is 19.8 Å². The van der Waals surface area contributed by atoms with E-state index < -0.39 is 0 Å². The number of esters is 2. The Hall–Kier alpha value is -2.18. The summed E-state index contributed by atoms with van der Waals surface area (Å²) in [6.07, 6.45) is 2.01. The summed E-state index contributed by atoms with van der Waals surface area (Å²) in [5.74, 6) is -0.132. The molecule has 160 valence electrons. The first-order valence-corrected chi connectivity index (χ1v) is 6.94. The van der Waals surface area contributed by atoms with Gasteiger partial charge in [0.2, 0.25) is 0 Å². The van der Waals surface area contributed by atoms with Crippen molar-refractivity contribution in [1.82, 2.24) is 0 Å². The molecule has 0 radical (unpaired) electrons. The standard InChI is InChI=1S/C4H6O2.C3H4O2.C3H6O.C2H4O.4CO.2CH4/c1-3-2-4(5)6-3;4-3-1-2-5-3;1-3-2-4-3;1-2-3-1;4*1-2;;/h3H,2H2,1H3;1-2H2;3H,2H2,1H3;1-2H2;;;;;2*1H4. The van der Waals surface area contributed by atoms with Crippen molar-refractivity contribution in [2.24, 2.45) is 0 Å². The first kappa shape index (κ1) is 40.5. The van der Waals surface area contributed by atoms with Gasteiger partial charge in [-0.15, -0.1) is 0 Å². The summed E-state index contributed by atoms with van der Waals surface area (Å²) in [5.41, 5.74) is 0. The van der Waals surface area contributed by atoms with Gasteiger partial charge in [0.15, 0.2) is 0 Å². The van der Waals surface area contributed by atoms with Gasteiger partial charge in [0.05, 0.1) is 38.8 Å². The first-order chi connectivity index (χ1) is 12.6. The number of cyclic esters (lactones) is 2. The molecule has 2 atom stereocenters. The Morgan fingerprint density at radius 1 is 0.786 bits per heavy atom. The second-order valence-corrected chi connectivity index (χ2v) is 4.23. The number of hydrogen-bond acceptors (Lipinski definition) is 6. The van der Waals surface area contributed by atoms with Crippen LogP contribution in [0.5, 0.6) is 0 Å². The monoisotopic (exact) mass is 404 g/mol. The Kier molecular flexibility index (Phi) is 51.8. The molecule has 4 aliphatic rings. The van der Waals surface area contributed by atoms with Crippen LogP contribution in [0.1, 0.15) is 41.5 Å². The molecule has 10 heteroatoms. The van der Waals surface area contributed by atoms with Gasteiger partial charge < -0.3 is 18.9 Å². The van der Waals surface area contributed by atoms with Crippen LogP contribution in [-0.4, -0.2) is 50.6 Å². The Bertz CT molecular complexity index is 378. The zero-order valence-electron chi connectivity index (χ0n) is 14.5. The molecule has 4 saturated heterocycles. The summed E-state index contributed by atoms with van der Waals surface area (Å²) < 4.78 is 48.0. The second kappa shape index (κ2) is 35.8. The maximum absolute atomic E-state index is 9.89. The second-order valence-electron chi connectivity index (χ2n) is 4.23. The van der Waals surface area contributed by atoms with Crippen LogP contribution >= 0.6 is 0 Å².